The molecule has 20 heavy (non-hydrogen) atoms. The molecular weight excluding hydrogens is 278 g/mol. The number of esters is 1. The molecule has 0 aliphatic heterocycles. The number of rotatable bonds is 4. The highest BCUT2D eigenvalue weighted by atomic mass is 35.5. The van der Waals surface area contributed by atoms with Crippen LogP contribution in [0.25, 0.3) is 0 Å². The maximum absolute atomic E-state index is 10.9. The van der Waals surface area contributed by atoms with Crippen LogP contribution in [-0.4, -0.2) is 11.0 Å². The highest BCUT2D eigenvalue weighted by molar-refractivity contribution is 6.31. The maximum Gasteiger partial charge on any atom is 0.302 e. The van der Waals surface area contributed by atoms with Gasteiger partial charge in [0.15, 0.2) is 0 Å². The number of nitrogens with zero attached hydrogens (tertiary/aromatic N) is 3. The Hall–Kier alpha value is -2.27. The maximum atomic E-state index is 10.9. The van der Waals surface area contributed by atoms with Crippen LogP contribution in [0.1, 0.15) is 12.5 Å². The van der Waals surface area contributed by atoms with Gasteiger partial charge in [-0.2, -0.15) is 5.11 Å². The summed E-state index contributed by atoms with van der Waals surface area (Å²) in [5, 5.41) is 8.67. The molecule has 0 saturated carbocycles. The molecule has 0 aliphatic rings. The fourth-order valence-corrected chi connectivity index (χ4v) is 1.71. The Balaban J connectivity index is 2.25. The van der Waals surface area contributed by atoms with Crippen molar-refractivity contribution in [1.82, 2.24) is 4.98 Å². The average Bonchev–Trinajstić information content (AvgIpc) is 2.45. The minimum absolute atomic E-state index is 0.0659. The lowest BCUT2D eigenvalue weighted by atomic mass is 10.2. The normalized spacial score (nSPS) is 10.7. The second kappa shape index (κ2) is 6.77. The number of aromatic nitrogens is 1. The van der Waals surface area contributed by atoms with Crippen molar-refractivity contribution in [3.8, 4) is 0 Å². The van der Waals surface area contributed by atoms with Gasteiger partial charge < -0.3 is 4.74 Å². The molecular formula is C14H12ClN3O2. The zero-order chi connectivity index (χ0) is 14.4. The first kappa shape index (κ1) is 14.1. The third kappa shape index (κ3) is 3.86. The van der Waals surface area contributed by atoms with Crippen LogP contribution < -0.4 is 0 Å². The van der Waals surface area contributed by atoms with Crippen LogP contribution in [-0.2, 0) is 16.1 Å². The van der Waals surface area contributed by atoms with Crippen molar-refractivity contribution in [2.45, 2.75) is 13.5 Å². The first-order chi connectivity index (χ1) is 9.66. The summed E-state index contributed by atoms with van der Waals surface area (Å²) in [4.78, 5) is 14.8. The van der Waals surface area contributed by atoms with Crippen LogP contribution in [0.4, 0.5) is 11.4 Å². The van der Waals surface area contributed by atoms with Gasteiger partial charge in [-0.3, -0.25) is 9.78 Å². The van der Waals surface area contributed by atoms with Crippen molar-refractivity contribution in [3.05, 3.63) is 53.3 Å². The first-order valence-electron chi connectivity index (χ1n) is 5.89. The summed E-state index contributed by atoms with van der Waals surface area (Å²) < 4.78 is 4.96. The SMILES string of the molecule is CC(=O)OCc1c(Cl)cccc1/N=N/c1cccnc1. The van der Waals surface area contributed by atoms with Gasteiger partial charge in [-0.05, 0) is 24.3 Å². The molecule has 2 aromatic rings. The van der Waals surface area contributed by atoms with Gasteiger partial charge >= 0.3 is 5.97 Å². The number of carbonyl (C=O) groups is 1. The summed E-state index contributed by atoms with van der Waals surface area (Å²) in [5.74, 6) is -0.375. The molecule has 0 fully saturated rings. The van der Waals surface area contributed by atoms with Crippen molar-refractivity contribution in [1.29, 1.82) is 0 Å². The predicted octanol–water partition coefficient (Wildman–Crippen LogP) is 4.21. The molecule has 6 heteroatoms. The van der Waals surface area contributed by atoms with E-state index >= 15 is 0 Å². The van der Waals surface area contributed by atoms with Crippen molar-refractivity contribution in [3.63, 3.8) is 0 Å². The molecule has 5 nitrogen and oxygen atoms in total. The number of hydrogen-bond acceptors (Lipinski definition) is 5. The van der Waals surface area contributed by atoms with Crippen LogP contribution in [0.3, 0.4) is 0 Å². The molecule has 0 radical (unpaired) electrons. The van der Waals surface area contributed by atoms with E-state index in [1.807, 2.05) is 0 Å². The molecule has 1 aromatic carbocycles. The molecule has 0 amide bonds. The number of ether oxygens (including phenoxy) is 1. The molecule has 0 saturated heterocycles. The van der Waals surface area contributed by atoms with Gasteiger partial charge in [-0.15, -0.1) is 5.11 Å². The van der Waals surface area contributed by atoms with Gasteiger partial charge in [-0.25, -0.2) is 0 Å². The molecule has 0 N–H and O–H groups in total. The molecule has 0 spiro atoms. The summed E-state index contributed by atoms with van der Waals surface area (Å²) >= 11 is 6.09. The van der Waals surface area contributed by atoms with Crippen molar-refractivity contribution in [2.24, 2.45) is 10.2 Å². The van der Waals surface area contributed by atoms with E-state index in [9.17, 15) is 4.79 Å². The van der Waals surface area contributed by atoms with E-state index in [-0.39, 0.29) is 12.6 Å². The van der Waals surface area contributed by atoms with E-state index in [0.29, 0.717) is 22.0 Å². The van der Waals surface area contributed by atoms with Crippen LogP contribution >= 0.6 is 11.6 Å². The lowest BCUT2D eigenvalue weighted by Gasteiger charge is -2.07. The highest BCUT2D eigenvalue weighted by Crippen LogP contribution is 2.29. The Morgan fingerprint density at radius 3 is 2.85 bits per heavy atom. The molecule has 102 valence electrons. The fraction of sp³-hybridized carbons (Fsp3) is 0.143. The van der Waals surface area contributed by atoms with Crippen molar-refractivity contribution in [2.75, 3.05) is 0 Å². The molecule has 0 unspecified atom stereocenters. The average molecular weight is 290 g/mol. The molecule has 0 atom stereocenters. The summed E-state index contributed by atoms with van der Waals surface area (Å²) in [5.41, 5.74) is 1.81. The summed E-state index contributed by atoms with van der Waals surface area (Å²) in [6, 6.07) is 8.78. The number of azo groups is 1. The lowest BCUT2D eigenvalue weighted by Crippen LogP contribution is -1.99. The molecule has 0 bridgehead atoms. The number of benzene rings is 1. The van der Waals surface area contributed by atoms with Crippen molar-refractivity contribution >= 4 is 28.9 Å². The summed E-state index contributed by atoms with van der Waals surface area (Å²) in [7, 11) is 0. The van der Waals surface area contributed by atoms with Gasteiger partial charge in [-0.1, -0.05) is 17.7 Å². The predicted molar refractivity (Wildman–Crippen MR) is 75.3 cm³/mol. The van der Waals surface area contributed by atoms with E-state index in [1.165, 1.54) is 6.92 Å². The number of carbonyl (C=O) groups excluding carboxylic acids is 1. The minimum Gasteiger partial charge on any atom is -0.461 e. The van der Waals surface area contributed by atoms with E-state index in [1.54, 1.807) is 42.7 Å². The first-order valence-corrected chi connectivity index (χ1v) is 6.27. The third-order valence-electron chi connectivity index (χ3n) is 2.43. The molecule has 1 heterocycles. The van der Waals surface area contributed by atoms with Gasteiger partial charge in [0.05, 0.1) is 11.9 Å². The molecule has 1 aromatic heterocycles. The van der Waals surface area contributed by atoms with Gasteiger partial charge in [0.2, 0.25) is 0 Å². The van der Waals surface area contributed by atoms with Gasteiger partial charge in [0.25, 0.3) is 0 Å². The van der Waals surface area contributed by atoms with Gasteiger partial charge in [0, 0.05) is 23.7 Å². The van der Waals surface area contributed by atoms with E-state index in [0.717, 1.165) is 0 Å². The van der Waals surface area contributed by atoms with Crippen LogP contribution in [0.5, 0.6) is 0 Å². The minimum atomic E-state index is -0.375. The standard InChI is InChI=1S/C14H12ClN3O2/c1-10(19)20-9-12-13(15)5-2-6-14(12)18-17-11-4-3-7-16-8-11/h2-8H,9H2,1H3/b18-17+. The quantitative estimate of drug-likeness (QED) is 0.625. The number of hydrogen-bond donors (Lipinski definition) is 0. The lowest BCUT2D eigenvalue weighted by molar-refractivity contribution is -0.142. The van der Waals surface area contributed by atoms with E-state index < -0.39 is 0 Å². The van der Waals surface area contributed by atoms with E-state index in [4.69, 9.17) is 16.3 Å². The van der Waals surface area contributed by atoms with Crippen LogP contribution in [0.2, 0.25) is 5.02 Å². The Kier molecular flexibility index (Phi) is 4.79. The smallest absolute Gasteiger partial charge is 0.302 e. The second-order valence-electron chi connectivity index (χ2n) is 3.93. The topological polar surface area (TPSA) is 63.9 Å². The number of pyridine rings is 1. The second-order valence-corrected chi connectivity index (χ2v) is 4.34. The zero-order valence-corrected chi connectivity index (χ0v) is 11.5. The Labute approximate surface area is 121 Å². The fourth-order valence-electron chi connectivity index (χ4n) is 1.48. The largest absolute Gasteiger partial charge is 0.461 e. The third-order valence-corrected chi connectivity index (χ3v) is 2.79. The van der Waals surface area contributed by atoms with Crippen LogP contribution in [0, 0.1) is 0 Å². The van der Waals surface area contributed by atoms with Crippen molar-refractivity contribution < 1.29 is 9.53 Å². The van der Waals surface area contributed by atoms with Gasteiger partial charge in [0.1, 0.15) is 12.3 Å². The molecule has 0 aliphatic carbocycles. The Morgan fingerprint density at radius 1 is 1.30 bits per heavy atom. The highest BCUT2D eigenvalue weighted by Gasteiger charge is 2.08. The Bertz CT molecular complexity index is 630. The molecule has 2 rings (SSSR count). The van der Waals surface area contributed by atoms with Crippen LogP contribution in [0.15, 0.2) is 53.0 Å². The summed E-state index contributed by atoms with van der Waals surface area (Å²) in [6.45, 7) is 1.41. The summed E-state index contributed by atoms with van der Waals surface area (Å²) in [6.07, 6.45) is 3.25. The van der Waals surface area contributed by atoms with E-state index in [2.05, 4.69) is 15.2 Å². The Morgan fingerprint density at radius 2 is 2.15 bits per heavy atom. The monoisotopic (exact) mass is 289 g/mol. The number of halogens is 1. The zero-order valence-electron chi connectivity index (χ0n) is 10.8.